The van der Waals surface area contributed by atoms with E-state index in [4.69, 9.17) is 4.74 Å². The molecule has 35 heavy (non-hydrogen) atoms. The number of anilines is 3. The highest BCUT2D eigenvalue weighted by Crippen LogP contribution is 2.39. The number of aromatic amines is 1. The predicted molar refractivity (Wildman–Crippen MR) is 134 cm³/mol. The summed E-state index contributed by atoms with van der Waals surface area (Å²) in [5.74, 6) is 1.01. The molecule has 3 aromatic heterocycles. The molecule has 1 aromatic carbocycles. The van der Waals surface area contributed by atoms with Crippen LogP contribution in [0.4, 0.5) is 17.2 Å². The van der Waals surface area contributed by atoms with Crippen LogP contribution in [0.1, 0.15) is 28.8 Å². The quantitative estimate of drug-likeness (QED) is 0.352. The summed E-state index contributed by atoms with van der Waals surface area (Å²) in [7, 11) is 1.61. The van der Waals surface area contributed by atoms with E-state index in [1.54, 1.807) is 19.5 Å². The molecule has 1 saturated heterocycles. The van der Waals surface area contributed by atoms with Gasteiger partial charge in [0.15, 0.2) is 11.6 Å². The molecule has 0 aliphatic carbocycles. The molecule has 0 bridgehead atoms. The average molecular weight is 471 g/mol. The maximum absolute atomic E-state index is 12.9. The lowest BCUT2D eigenvalue weighted by Crippen LogP contribution is -2.35. The van der Waals surface area contributed by atoms with Gasteiger partial charge in [-0.05, 0) is 47.7 Å². The van der Waals surface area contributed by atoms with Crippen LogP contribution in [0.2, 0.25) is 0 Å². The van der Waals surface area contributed by atoms with E-state index in [-0.39, 0.29) is 12.0 Å². The van der Waals surface area contributed by atoms with Gasteiger partial charge in [0.1, 0.15) is 5.65 Å². The number of nitrogens with one attached hydrogen (secondary N) is 3. The Kier molecular flexibility index (Phi) is 5.26. The Hall–Kier alpha value is -4.11. The van der Waals surface area contributed by atoms with E-state index < -0.39 is 0 Å². The summed E-state index contributed by atoms with van der Waals surface area (Å²) in [6.07, 6.45) is 6.69. The van der Waals surface area contributed by atoms with Crippen LogP contribution >= 0.6 is 0 Å². The summed E-state index contributed by atoms with van der Waals surface area (Å²) >= 11 is 0. The first-order valence-electron chi connectivity index (χ1n) is 11.7. The monoisotopic (exact) mass is 470 g/mol. The minimum absolute atomic E-state index is 0.119. The molecule has 2 aliphatic heterocycles. The molecule has 0 unspecified atom stereocenters. The number of aliphatic hydroxyl groups is 1. The van der Waals surface area contributed by atoms with E-state index in [1.807, 2.05) is 36.5 Å². The number of aromatic nitrogens is 3. The van der Waals surface area contributed by atoms with Crippen LogP contribution in [0.15, 0.2) is 48.9 Å². The SMILES string of the molecule is COc1cc(N2CCC(O)CC2)cnc1Nc1ccc(-c2ccnc3[nH]ccc23)c2c1C(=O)NC2. The number of rotatable bonds is 5. The van der Waals surface area contributed by atoms with Crippen molar-refractivity contribution in [1.82, 2.24) is 20.3 Å². The maximum Gasteiger partial charge on any atom is 0.254 e. The largest absolute Gasteiger partial charge is 0.493 e. The molecule has 4 N–H and O–H groups in total. The third-order valence-electron chi connectivity index (χ3n) is 6.86. The minimum atomic E-state index is -0.237. The molecule has 0 spiro atoms. The van der Waals surface area contributed by atoms with Crippen molar-refractivity contribution in [3.05, 3.63) is 60.0 Å². The second kappa shape index (κ2) is 8.59. The van der Waals surface area contributed by atoms with E-state index in [9.17, 15) is 9.90 Å². The molecule has 5 heterocycles. The Bertz CT molecular complexity index is 1420. The molecule has 178 valence electrons. The number of hydrogen-bond donors (Lipinski definition) is 4. The van der Waals surface area contributed by atoms with Crippen LogP contribution in [0.25, 0.3) is 22.2 Å². The van der Waals surface area contributed by atoms with Gasteiger partial charge in [-0.2, -0.15) is 0 Å². The first-order valence-corrected chi connectivity index (χ1v) is 11.7. The third kappa shape index (κ3) is 3.74. The van der Waals surface area contributed by atoms with Gasteiger partial charge >= 0.3 is 0 Å². The van der Waals surface area contributed by atoms with Crippen LogP contribution in [0.5, 0.6) is 5.75 Å². The molecule has 0 atom stereocenters. The van der Waals surface area contributed by atoms with Gasteiger partial charge in [-0.3, -0.25) is 4.79 Å². The van der Waals surface area contributed by atoms with Crippen LogP contribution in [-0.4, -0.2) is 52.3 Å². The first kappa shape index (κ1) is 21.4. The molecule has 1 fully saturated rings. The topological polar surface area (TPSA) is 115 Å². The Balaban J connectivity index is 1.36. The van der Waals surface area contributed by atoms with Gasteiger partial charge in [0.25, 0.3) is 5.91 Å². The Morgan fingerprint density at radius 3 is 2.83 bits per heavy atom. The fourth-order valence-electron chi connectivity index (χ4n) is 5.01. The lowest BCUT2D eigenvalue weighted by molar-refractivity contribution is 0.0966. The molecule has 1 amide bonds. The van der Waals surface area contributed by atoms with Crippen LogP contribution in [-0.2, 0) is 6.54 Å². The van der Waals surface area contributed by atoms with Crippen molar-refractivity contribution in [2.75, 3.05) is 30.4 Å². The summed E-state index contributed by atoms with van der Waals surface area (Å²) in [6, 6.07) is 9.87. The Labute approximate surface area is 202 Å². The number of methoxy groups -OCH3 is 1. The van der Waals surface area contributed by atoms with Crippen molar-refractivity contribution in [3.63, 3.8) is 0 Å². The summed E-state index contributed by atoms with van der Waals surface area (Å²) in [5.41, 5.74) is 6.02. The molecular formula is C26H26N6O3. The van der Waals surface area contributed by atoms with Crippen LogP contribution in [0.3, 0.4) is 0 Å². The van der Waals surface area contributed by atoms with E-state index >= 15 is 0 Å². The van der Waals surface area contributed by atoms with Gasteiger partial charge in [-0.1, -0.05) is 6.07 Å². The van der Waals surface area contributed by atoms with E-state index in [2.05, 4.69) is 30.5 Å². The summed E-state index contributed by atoms with van der Waals surface area (Å²) in [5, 5.41) is 17.1. The summed E-state index contributed by atoms with van der Waals surface area (Å²) in [4.78, 5) is 27.2. The van der Waals surface area contributed by atoms with Gasteiger partial charge in [0.05, 0.1) is 36.3 Å². The zero-order valence-electron chi connectivity index (χ0n) is 19.3. The Morgan fingerprint density at radius 1 is 1.14 bits per heavy atom. The summed E-state index contributed by atoms with van der Waals surface area (Å²) in [6.45, 7) is 2.01. The smallest absolute Gasteiger partial charge is 0.254 e. The Morgan fingerprint density at radius 2 is 2.00 bits per heavy atom. The number of benzene rings is 1. The van der Waals surface area contributed by atoms with Crippen molar-refractivity contribution < 1.29 is 14.6 Å². The molecule has 0 radical (unpaired) electrons. The maximum atomic E-state index is 12.9. The van der Waals surface area contributed by atoms with Crippen molar-refractivity contribution in [3.8, 4) is 16.9 Å². The number of fused-ring (bicyclic) bond motifs is 2. The second-order valence-corrected chi connectivity index (χ2v) is 8.88. The number of aliphatic hydroxyl groups excluding tert-OH is 1. The number of pyridine rings is 2. The van der Waals surface area contributed by atoms with Crippen LogP contribution < -0.4 is 20.3 Å². The average Bonchev–Trinajstić information content (AvgIpc) is 3.52. The molecule has 9 nitrogen and oxygen atoms in total. The van der Waals surface area contributed by atoms with Crippen molar-refractivity contribution >= 4 is 34.1 Å². The first-order chi connectivity index (χ1) is 17.1. The number of nitrogens with zero attached hydrogens (tertiary/aromatic N) is 3. The van der Waals surface area contributed by atoms with E-state index in [0.717, 1.165) is 59.3 Å². The number of piperidine rings is 1. The molecule has 4 aromatic rings. The van der Waals surface area contributed by atoms with Gasteiger partial charge in [0.2, 0.25) is 0 Å². The standard InChI is InChI=1S/C26H26N6O3/c1-35-22-12-15(32-10-6-16(33)7-11-32)13-29-25(22)31-21-3-2-17(20-14-30-26(34)23(20)21)18-4-8-27-24-19(18)5-9-28-24/h2-5,8-9,12-13,16,33H,6-7,10-11,14H2,1H3,(H,27,28)(H,29,31)(H,30,34). The van der Waals surface area contributed by atoms with Crippen molar-refractivity contribution in [2.45, 2.75) is 25.5 Å². The number of carbonyl (C=O) groups excluding carboxylic acids is 1. The summed E-state index contributed by atoms with van der Waals surface area (Å²) < 4.78 is 5.64. The van der Waals surface area contributed by atoms with Gasteiger partial charge in [0, 0.05) is 43.5 Å². The van der Waals surface area contributed by atoms with Gasteiger partial charge in [-0.15, -0.1) is 0 Å². The van der Waals surface area contributed by atoms with Gasteiger partial charge < -0.3 is 30.4 Å². The fourth-order valence-corrected chi connectivity index (χ4v) is 5.01. The van der Waals surface area contributed by atoms with E-state index in [1.165, 1.54) is 0 Å². The van der Waals surface area contributed by atoms with Crippen LogP contribution in [0, 0.1) is 0 Å². The molecule has 0 saturated carbocycles. The number of amides is 1. The minimum Gasteiger partial charge on any atom is -0.493 e. The molecule has 2 aliphatic rings. The lowest BCUT2D eigenvalue weighted by atomic mass is 9.94. The highest BCUT2D eigenvalue weighted by Gasteiger charge is 2.27. The van der Waals surface area contributed by atoms with E-state index in [0.29, 0.717) is 29.4 Å². The normalized spacial score (nSPS) is 15.8. The number of H-pyrrole nitrogens is 1. The lowest BCUT2D eigenvalue weighted by Gasteiger charge is -2.31. The molecule has 6 rings (SSSR count). The molecule has 9 heteroatoms. The zero-order chi connectivity index (χ0) is 23.9. The number of ether oxygens (including phenoxy) is 1. The van der Waals surface area contributed by atoms with Gasteiger partial charge in [-0.25, -0.2) is 9.97 Å². The van der Waals surface area contributed by atoms with Crippen molar-refractivity contribution in [2.24, 2.45) is 0 Å². The number of hydrogen-bond acceptors (Lipinski definition) is 7. The fraction of sp³-hybridized carbons (Fsp3) is 0.269. The predicted octanol–water partition coefficient (Wildman–Crippen LogP) is 3.58. The van der Waals surface area contributed by atoms with Crippen molar-refractivity contribution in [1.29, 1.82) is 0 Å². The molecular weight excluding hydrogens is 444 g/mol. The highest BCUT2D eigenvalue weighted by molar-refractivity contribution is 6.07. The second-order valence-electron chi connectivity index (χ2n) is 8.88. The highest BCUT2D eigenvalue weighted by atomic mass is 16.5. The number of carbonyl (C=O) groups is 1. The zero-order valence-corrected chi connectivity index (χ0v) is 19.3. The third-order valence-corrected chi connectivity index (χ3v) is 6.86.